The van der Waals surface area contributed by atoms with Crippen molar-refractivity contribution in [1.82, 2.24) is 5.32 Å². The van der Waals surface area contributed by atoms with Gasteiger partial charge in [0.05, 0.1) is 0 Å². The predicted molar refractivity (Wildman–Crippen MR) is 123 cm³/mol. The molecule has 0 fully saturated rings. The number of Topliss-reactive ketones (excluding diaryl/α,β-unsaturated/α-hetero) is 1. The smallest absolute Gasteiger partial charge is 0.355 e. The van der Waals surface area contributed by atoms with E-state index in [-0.39, 0.29) is 11.5 Å². The second kappa shape index (κ2) is 10.5. The number of ether oxygens (including phenoxy) is 1. The molecule has 0 heterocycles. The van der Waals surface area contributed by atoms with Crippen LogP contribution in [-0.2, 0) is 14.3 Å². The minimum atomic E-state index is -0.779. The zero-order valence-corrected chi connectivity index (χ0v) is 18.4. The van der Waals surface area contributed by atoms with E-state index in [4.69, 9.17) is 4.74 Å². The number of esters is 1. The topological polar surface area (TPSA) is 72.5 Å². The van der Waals surface area contributed by atoms with Crippen molar-refractivity contribution in [3.63, 3.8) is 0 Å². The van der Waals surface area contributed by atoms with Crippen LogP contribution in [0.1, 0.15) is 22.8 Å². The summed E-state index contributed by atoms with van der Waals surface area (Å²) in [7, 11) is 0. The Morgan fingerprint density at radius 2 is 1.45 bits per heavy atom. The molecule has 5 nitrogen and oxygen atoms in total. The Morgan fingerprint density at radius 1 is 0.871 bits per heavy atom. The molecule has 3 aromatic carbocycles. The van der Waals surface area contributed by atoms with Crippen LogP contribution in [0.15, 0.2) is 89.0 Å². The van der Waals surface area contributed by atoms with Gasteiger partial charge in [-0.1, -0.05) is 82.7 Å². The Kier molecular flexibility index (Phi) is 7.51. The molecule has 0 aromatic heterocycles. The maximum atomic E-state index is 12.5. The number of amides is 1. The Hall–Kier alpha value is -3.51. The van der Waals surface area contributed by atoms with Crippen LogP contribution in [0.25, 0.3) is 17.2 Å². The maximum Gasteiger partial charge on any atom is 0.355 e. The van der Waals surface area contributed by atoms with Gasteiger partial charge in [-0.3, -0.25) is 9.59 Å². The average Bonchev–Trinajstić information content (AvgIpc) is 2.78. The molecule has 3 aromatic rings. The average molecular weight is 478 g/mol. The molecular formula is C25H20BrNO4. The summed E-state index contributed by atoms with van der Waals surface area (Å²) in [6.07, 6.45) is 1.50. The predicted octanol–water partition coefficient (Wildman–Crippen LogP) is 5.02. The first-order valence-electron chi connectivity index (χ1n) is 9.53. The van der Waals surface area contributed by atoms with Gasteiger partial charge in [0.25, 0.3) is 0 Å². The van der Waals surface area contributed by atoms with Crippen molar-refractivity contribution < 1.29 is 19.1 Å². The fourth-order valence-corrected chi connectivity index (χ4v) is 3.10. The number of carbonyl (C=O) groups is 3. The summed E-state index contributed by atoms with van der Waals surface area (Å²) in [5, 5.41) is 2.45. The molecule has 1 N–H and O–H groups in total. The van der Waals surface area contributed by atoms with Crippen LogP contribution in [0, 0.1) is 0 Å². The minimum absolute atomic E-state index is 0.0305. The molecule has 0 saturated carbocycles. The van der Waals surface area contributed by atoms with Crippen LogP contribution < -0.4 is 5.32 Å². The Balaban J connectivity index is 1.65. The van der Waals surface area contributed by atoms with Crippen molar-refractivity contribution in [1.29, 1.82) is 0 Å². The summed E-state index contributed by atoms with van der Waals surface area (Å²) in [5.41, 5.74) is 3.12. The maximum absolute atomic E-state index is 12.5. The summed E-state index contributed by atoms with van der Waals surface area (Å²) >= 11 is 3.41. The van der Waals surface area contributed by atoms with Gasteiger partial charge < -0.3 is 10.1 Å². The van der Waals surface area contributed by atoms with Crippen molar-refractivity contribution in [3.05, 3.63) is 100 Å². The van der Waals surface area contributed by atoms with E-state index in [1.54, 1.807) is 24.3 Å². The number of rotatable bonds is 7. The molecule has 31 heavy (non-hydrogen) atoms. The monoisotopic (exact) mass is 477 g/mol. The molecule has 6 heteroatoms. The Labute approximate surface area is 188 Å². The summed E-state index contributed by atoms with van der Waals surface area (Å²) in [6, 6.07) is 24.0. The highest BCUT2D eigenvalue weighted by molar-refractivity contribution is 9.10. The van der Waals surface area contributed by atoms with Gasteiger partial charge in [0.1, 0.15) is 5.70 Å². The third-order valence-electron chi connectivity index (χ3n) is 4.36. The SMILES string of the molecule is CC(=O)N/C(=C/c1ccccc1)C(=O)OCC(=O)c1ccc(-c2ccc(Br)cc2)cc1. The number of ketones is 1. The molecule has 0 radical (unpaired) electrons. The number of hydrogen-bond donors (Lipinski definition) is 1. The van der Waals surface area contributed by atoms with E-state index in [0.717, 1.165) is 21.2 Å². The fourth-order valence-electron chi connectivity index (χ4n) is 2.83. The van der Waals surface area contributed by atoms with Gasteiger partial charge in [0.15, 0.2) is 12.4 Å². The van der Waals surface area contributed by atoms with Crippen molar-refractivity contribution in [3.8, 4) is 11.1 Å². The van der Waals surface area contributed by atoms with E-state index in [1.807, 2.05) is 54.6 Å². The lowest BCUT2D eigenvalue weighted by Crippen LogP contribution is -2.27. The highest BCUT2D eigenvalue weighted by Crippen LogP contribution is 2.22. The molecule has 0 saturated heterocycles. The van der Waals surface area contributed by atoms with Gasteiger partial charge in [0, 0.05) is 17.0 Å². The Bertz CT molecular complexity index is 1100. The summed E-state index contributed by atoms with van der Waals surface area (Å²) in [5.74, 6) is -1.52. The minimum Gasteiger partial charge on any atom is -0.453 e. The van der Waals surface area contributed by atoms with Crippen LogP contribution in [-0.4, -0.2) is 24.3 Å². The van der Waals surface area contributed by atoms with Gasteiger partial charge in [-0.05, 0) is 34.9 Å². The van der Waals surface area contributed by atoms with Crippen LogP contribution in [0.4, 0.5) is 0 Å². The second-order valence-electron chi connectivity index (χ2n) is 6.73. The highest BCUT2D eigenvalue weighted by Gasteiger charge is 2.16. The third-order valence-corrected chi connectivity index (χ3v) is 4.89. The van der Waals surface area contributed by atoms with Gasteiger partial charge >= 0.3 is 5.97 Å². The molecule has 1 amide bonds. The van der Waals surface area contributed by atoms with Gasteiger partial charge in [-0.25, -0.2) is 4.79 Å². The number of carbonyl (C=O) groups excluding carboxylic acids is 3. The summed E-state index contributed by atoms with van der Waals surface area (Å²) < 4.78 is 6.14. The lowest BCUT2D eigenvalue weighted by molar-refractivity contribution is -0.139. The third kappa shape index (κ3) is 6.49. The van der Waals surface area contributed by atoms with Crippen LogP contribution >= 0.6 is 15.9 Å². The van der Waals surface area contributed by atoms with Crippen LogP contribution in [0.2, 0.25) is 0 Å². The second-order valence-corrected chi connectivity index (χ2v) is 7.65. The van der Waals surface area contributed by atoms with Crippen molar-refractivity contribution in [2.24, 2.45) is 0 Å². The summed E-state index contributed by atoms with van der Waals surface area (Å²) in [4.78, 5) is 36.3. The molecule has 0 aliphatic heterocycles. The fraction of sp³-hybridized carbons (Fsp3) is 0.0800. The van der Waals surface area contributed by atoms with Crippen molar-refractivity contribution in [2.75, 3.05) is 6.61 Å². The molecule has 0 atom stereocenters. The molecule has 156 valence electrons. The van der Waals surface area contributed by atoms with E-state index in [0.29, 0.717) is 5.56 Å². The first-order chi connectivity index (χ1) is 14.9. The van der Waals surface area contributed by atoms with Crippen molar-refractivity contribution in [2.45, 2.75) is 6.92 Å². The largest absolute Gasteiger partial charge is 0.453 e. The number of nitrogens with one attached hydrogen (secondary N) is 1. The molecular weight excluding hydrogens is 458 g/mol. The lowest BCUT2D eigenvalue weighted by atomic mass is 10.0. The number of halogens is 1. The summed E-state index contributed by atoms with van der Waals surface area (Å²) in [6.45, 7) is 0.867. The van der Waals surface area contributed by atoms with E-state index < -0.39 is 18.5 Å². The van der Waals surface area contributed by atoms with Gasteiger partial charge in [-0.15, -0.1) is 0 Å². The van der Waals surface area contributed by atoms with Crippen molar-refractivity contribution >= 4 is 39.7 Å². The molecule has 0 spiro atoms. The van der Waals surface area contributed by atoms with Crippen LogP contribution in [0.5, 0.6) is 0 Å². The number of hydrogen-bond acceptors (Lipinski definition) is 4. The Morgan fingerprint density at radius 3 is 2.03 bits per heavy atom. The quantitative estimate of drug-likeness (QED) is 0.294. The van der Waals surface area contributed by atoms with E-state index in [2.05, 4.69) is 21.2 Å². The normalized spacial score (nSPS) is 11.0. The molecule has 0 aliphatic carbocycles. The van der Waals surface area contributed by atoms with Gasteiger partial charge in [-0.2, -0.15) is 0 Å². The molecule has 0 unspecified atom stereocenters. The standard InChI is InChI=1S/C25H20BrNO4/c1-17(28)27-23(15-18-5-3-2-4-6-18)25(30)31-16-24(29)21-9-7-19(8-10-21)20-11-13-22(26)14-12-20/h2-15H,16H2,1H3,(H,27,28)/b23-15+. The number of benzene rings is 3. The highest BCUT2D eigenvalue weighted by atomic mass is 79.9. The van der Waals surface area contributed by atoms with E-state index in [9.17, 15) is 14.4 Å². The molecule has 0 bridgehead atoms. The van der Waals surface area contributed by atoms with E-state index in [1.165, 1.54) is 13.0 Å². The zero-order valence-electron chi connectivity index (χ0n) is 16.8. The molecule has 0 aliphatic rings. The first kappa shape index (κ1) is 22.2. The molecule has 3 rings (SSSR count). The first-order valence-corrected chi connectivity index (χ1v) is 10.3. The lowest BCUT2D eigenvalue weighted by Gasteiger charge is -2.09. The van der Waals surface area contributed by atoms with Crippen LogP contribution in [0.3, 0.4) is 0 Å². The van der Waals surface area contributed by atoms with Gasteiger partial charge in [0.2, 0.25) is 5.91 Å². The zero-order chi connectivity index (χ0) is 22.2. The van der Waals surface area contributed by atoms with E-state index >= 15 is 0 Å².